The third-order valence-corrected chi connectivity index (χ3v) is 2.98. The molecule has 20 heavy (non-hydrogen) atoms. The van der Waals surface area contributed by atoms with Crippen LogP contribution in [0.3, 0.4) is 0 Å². The first-order valence-electron chi connectivity index (χ1n) is 6.98. The van der Waals surface area contributed by atoms with Crippen molar-refractivity contribution in [2.75, 3.05) is 6.54 Å². The van der Waals surface area contributed by atoms with E-state index in [1.54, 1.807) is 0 Å². The van der Waals surface area contributed by atoms with Gasteiger partial charge in [-0.1, -0.05) is 29.8 Å². The molecular weight excluding hydrogens is 272 g/mol. The van der Waals surface area contributed by atoms with Gasteiger partial charge in [0.2, 0.25) is 5.91 Å². The molecule has 0 bridgehead atoms. The van der Waals surface area contributed by atoms with Crippen LogP contribution in [0.4, 0.5) is 0 Å². The highest BCUT2D eigenvalue weighted by Gasteiger charge is 2.11. The second-order valence-corrected chi connectivity index (χ2v) is 5.96. The molecule has 1 aromatic carbocycles. The molecule has 0 aliphatic heterocycles. The number of amides is 1. The molecule has 0 unspecified atom stereocenters. The topological polar surface area (TPSA) is 55.1 Å². The normalized spacial score (nSPS) is 10.8. The first-order valence-corrected chi connectivity index (χ1v) is 6.98. The van der Waals surface area contributed by atoms with Gasteiger partial charge in [-0.3, -0.25) is 4.79 Å². The molecule has 0 aliphatic rings. The standard InChI is InChI=1S/C16H26N2O.ClH/c1-13-8-10-14(11-9-13)6-4-5-7-15(19)18-12-16(2,3)17;/h8-11H,4-7,12,17H2,1-3H3,(H,18,19);1H. The second kappa shape index (κ2) is 8.98. The molecule has 0 heterocycles. The van der Waals surface area contributed by atoms with Crippen molar-refractivity contribution in [3.05, 3.63) is 35.4 Å². The molecule has 0 radical (unpaired) electrons. The molecule has 3 nitrogen and oxygen atoms in total. The van der Waals surface area contributed by atoms with Crippen molar-refractivity contribution >= 4 is 18.3 Å². The summed E-state index contributed by atoms with van der Waals surface area (Å²) in [5.74, 6) is 0.0995. The van der Waals surface area contributed by atoms with Crippen molar-refractivity contribution in [1.29, 1.82) is 0 Å². The van der Waals surface area contributed by atoms with Crippen LogP contribution in [0.1, 0.15) is 44.2 Å². The molecule has 114 valence electrons. The van der Waals surface area contributed by atoms with Gasteiger partial charge in [0, 0.05) is 18.5 Å². The largest absolute Gasteiger partial charge is 0.354 e. The molecule has 0 atom stereocenters. The van der Waals surface area contributed by atoms with Gasteiger partial charge in [-0.2, -0.15) is 0 Å². The summed E-state index contributed by atoms with van der Waals surface area (Å²) in [5.41, 5.74) is 8.10. The Bertz CT molecular complexity index is 396. The number of rotatable bonds is 7. The fourth-order valence-corrected chi connectivity index (χ4v) is 1.78. The van der Waals surface area contributed by atoms with Crippen LogP contribution in [0, 0.1) is 6.92 Å². The Kier molecular flexibility index (Phi) is 8.51. The zero-order valence-electron chi connectivity index (χ0n) is 12.7. The lowest BCUT2D eigenvalue weighted by atomic mass is 10.1. The van der Waals surface area contributed by atoms with E-state index in [2.05, 4.69) is 36.5 Å². The molecule has 0 spiro atoms. The molecule has 0 saturated carbocycles. The zero-order chi connectivity index (χ0) is 14.3. The molecule has 0 fully saturated rings. The summed E-state index contributed by atoms with van der Waals surface area (Å²) in [6.45, 7) is 6.44. The van der Waals surface area contributed by atoms with E-state index in [9.17, 15) is 4.79 Å². The molecule has 0 saturated heterocycles. The number of nitrogens with two attached hydrogens (primary N) is 1. The predicted molar refractivity (Wildman–Crippen MR) is 87.3 cm³/mol. The van der Waals surface area contributed by atoms with E-state index in [4.69, 9.17) is 5.73 Å². The number of carbonyl (C=O) groups is 1. The molecule has 0 aromatic heterocycles. The lowest BCUT2D eigenvalue weighted by Crippen LogP contribution is -2.45. The molecule has 0 aliphatic carbocycles. The van der Waals surface area contributed by atoms with E-state index < -0.39 is 0 Å². The SMILES string of the molecule is Cc1ccc(CCCCC(=O)NCC(C)(C)N)cc1.Cl. The zero-order valence-corrected chi connectivity index (χ0v) is 13.6. The van der Waals surface area contributed by atoms with Crippen LogP contribution >= 0.6 is 12.4 Å². The van der Waals surface area contributed by atoms with Gasteiger partial charge in [0.25, 0.3) is 0 Å². The lowest BCUT2D eigenvalue weighted by molar-refractivity contribution is -0.121. The summed E-state index contributed by atoms with van der Waals surface area (Å²) >= 11 is 0. The van der Waals surface area contributed by atoms with Gasteiger partial charge < -0.3 is 11.1 Å². The molecule has 4 heteroatoms. The Balaban J connectivity index is 0.00000361. The van der Waals surface area contributed by atoms with Crippen molar-refractivity contribution in [2.24, 2.45) is 5.73 Å². The van der Waals surface area contributed by atoms with Crippen LogP contribution in [0.5, 0.6) is 0 Å². The van der Waals surface area contributed by atoms with Crippen molar-refractivity contribution in [2.45, 2.75) is 52.0 Å². The summed E-state index contributed by atoms with van der Waals surface area (Å²) < 4.78 is 0. The van der Waals surface area contributed by atoms with Gasteiger partial charge in [-0.15, -0.1) is 12.4 Å². The second-order valence-electron chi connectivity index (χ2n) is 5.96. The summed E-state index contributed by atoms with van der Waals surface area (Å²) in [7, 11) is 0. The highest BCUT2D eigenvalue weighted by molar-refractivity contribution is 5.85. The van der Waals surface area contributed by atoms with E-state index in [1.807, 2.05) is 13.8 Å². The minimum atomic E-state index is -0.336. The maximum absolute atomic E-state index is 11.6. The maximum Gasteiger partial charge on any atom is 0.220 e. The number of hydrogen-bond acceptors (Lipinski definition) is 2. The predicted octanol–water partition coefficient (Wildman–Crippen LogP) is 2.98. The third-order valence-electron chi connectivity index (χ3n) is 2.98. The first-order chi connectivity index (χ1) is 8.87. The summed E-state index contributed by atoms with van der Waals surface area (Å²) in [4.78, 5) is 11.6. The Labute approximate surface area is 128 Å². The van der Waals surface area contributed by atoms with Crippen LogP contribution in [0.2, 0.25) is 0 Å². The average molecular weight is 299 g/mol. The van der Waals surface area contributed by atoms with Crippen molar-refractivity contribution in [3.8, 4) is 0 Å². The number of halogens is 1. The molecule has 1 aromatic rings. The minimum Gasteiger partial charge on any atom is -0.354 e. The molecule has 3 N–H and O–H groups in total. The van der Waals surface area contributed by atoms with Gasteiger partial charge in [0.05, 0.1) is 0 Å². The molecule has 1 rings (SSSR count). The number of aryl methyl sites for hydroxylation is 2. The first kappa shape index (κ1) is 18.9. The minimum absolute atomic E-state index is 0. The van der Waals surface area contributed by atoms with Gasteiger partial charge >= 0.3 is 0 Å². The Morgan fingerprint density at radius 1 is 1.20 bits per heavy atom. The van der Waals surface area contributed by atoms with Gasteiger partial charge in [-0.25, -0.2) is 0 Å². The number of carbonyl (C=O) groups excluding carboxylic acids is 1. The van der Waals surface area contributed by atoms with Crippen LogP contribution in [-0.2, 0) is 11.2 Å². The van der Waals surface area contributed by atoms with E-state index in [0.717, 1.165) is 19.3 Å². The van der Waals surface area contributed by atoms with Crippen LogP contribution in [0.25, 0.3) is 0 Å². The van der Waals surface area contributed by atoms with Crippen molar-refractivity contribution in [1.82, 2.24) is 5.32 Å². The van der Waals surface area contributed by atoms with Crippen LogP contribution in [-0.4, -0.2) is 18.0 Å². The molecular formula is C16H27ClN2O. The fraction of sp³-hybridized carbons (Fsp3) is 0.562. The van der Waals surface area contributed by atoms with Gasteiger partial charge in [-0.05, 0) is 45.6 Å². The van der Waals surface area contributed by atoms with E-state index in [-0.39, 0.29) is 23.9 Å². The van der Waals surface area contributed by atoms with E-state index >= 15 is 0 Å². The van der Waals surface area contributed by atoms with Crippen LogP contribution in [0.15, 0.2) is 24.3 Å². The van der Waals surface area contributed by atoms with Crippen LogP contribution < -0.4 is 11.1 Å². The van der Waals surface area contributed by atoms with E-state index in [0.29, 0.717) is 13.0 Å². The maximum atomic E-state index is 11.6. The Morgan fingerprint density at radius 3 is 2.35 bits per heavy atom. The number of nitrogens with one attached hydrogen (secondary N) is 1. The Morgan fingerprint density at radius 2 is 1.80 bits per heavy atom. The third kappa shape index (κ3) is 8.94. The summed E-state index contributed by atoms with van der Waals surface area (Å²) in [6.07, 6.45) is 3.59. The van der Waals surface area contributed by atoms with Crippen molar-refractivity contribution < 1.29 is 4.79 Å². The average Bonchev–Trinajstić information content (AvgIpc) is 2.33. The number of hydrogen-bond donors (Lipinski definition) is 2. The number of unbranched alkanes of at least 4 members (excludes halogenated alkanes) is 1. The van der Waals surface area contributed by atoms with Gasteiger partial charge in [0.1, 0.15) is 0 Å². The smallest absolute Gasteiger partial charge is 0.220 e. The molecule has 1 amide bonds. The highest BCUT2D eigenvalue weighted by Crippen LogP contribution is 2.08. The number of benzene rings is 1. The Hall–Kier alpha value is -1.06. The fourth-order valence-electron chi connectivity index (χ4n) is 1.78. The van der Waals surface area contributed by atoms with Gasteiger partial charge in [0.15, 0.2) is 0 Å². The summed E-state index contributed by atoms with van der Waals surface area (Å²) in [6, 6.07) is 8.58. The van der Waals surface area contributed by atoms with E-state index in [1.165, 1.54) is 11.1 Å². The van der Waals surface area contributed by atoms with Crippen molar-refractivity contribution in [3.63, 3.8) is 0 Å². The highest BCUT2D eigenvalue weighted by atomic mass is 35.5. The lowest BCUT2D eigenvalue weighted by Gasteiger charge is -2.18. The quantitative estimate of drug-likeness (QED) is 0.760. The summed E-state index contributed by atoms with van der Waals surface area (Å²) in [5, 5.41) is 2.86. The monoisotopic (exact) mass is 298 g/mol.